The molecule has 0 amide bonds. The lowest BCUT2D eigenvalue weighted by molar-refractivity contribution is -0.142. The highest BCUT2D eigenvalue weighted by Crippen LogP contribution is 2.31. The van der Waals surface area contributed by atoms with E-state index in [0.29, 0.717) is 34.0 Å². The number of anilines is 1. The van der Waals surface area contributed by atoms with Gasteiger partial charge in [0.25, 0.3) is 0 Å². The lowest BCUT2D eigenvalue weighted by atomic mass is 9.93. The van der Waals surface area contributed by atoms with Crippen LogP contribution in [0.15, 0.2) is 42.7 Å². The van der Waals surface area contributed by atoms with E-state index in [1.54, 1.807) is 18.5 Å². The van der Waals surface area contributed by atoms with E-state index in [4.69, 9.17) is 37.7 Å². The minimum absolute atomic E-state index is 0.136. The third-order valence-electron chi connectivity index (χ3n) is 7.54. The van der Waals surface area contributed by atoms with Gasteiger partial charge in [-0.2, -0.15) is 0 Å². The Kier molecular flexibility index (Phi) is 9.73. The van der Waals surface area contributed by atoms with Gasteiger partial charge >= 0.3 is 5.97 Å². The van der Waals surface area contributed by atoms with Crippen LogP contribution in [0.25, 0.3) is 11.3 Å². The molecular weight excluding hydrogens is 549 g/mol. The van der Waals surface area contributed by atoms with Gasteiger partial charge in [0.2, 0.25) is 11.8 Å². The molecule has 0 spiro atoms. The average molecular weight is 585 g/mol. The van der Waals surface area contributed by atoms with Gasteiger partial charge in [0.1, 0.15) is 0 Å². The van der Waals surface area contributed by atoms with Crippen LogP contribution in [0.2, 0.25) is 10.0 Å². The Balaban J connectivity index is 1.34. The number of carbonyl (C=O) groups excluding carboxylic acids is 1. The molecule has 0 unspecified atom stereocenters. The number of likely N-dealkylation sites (tertiary alicyclic amines) is 1. The molecule has 2 aliphatic heterocycles. The van der Waals surface area contributed by atoms with Crippen molar-refractivity contribution in [3.63, 3.8) is 0 Å². The summed E-state index contributed by atoms with van der Waals surface area (Å²) in [6, 6.07) is 9.41. The fraction of sp³-hybridized carbons (Fsp3) is 0.467. The highest BCUT2D eigenvalue weighted by Gasteiger charge is 2.22. The molecule has 0 radical (unpaired) electrons. The first-order valence-electron chi connectivity index (χ1n) is 14.0. The van der Waals surface area contributed by atoms with E-state index in [2.05, 4.69) is 19.8 Å². The number of aromatic nitrogens is 3. The second-order valence-corrected chi connectivity index (χ2v) is 11.5. The summed E-state index contributed by atoms with van der Waals surface area (Å²) in [6.07, 6.45) is 10.7. The number of carbonyl (C=O) groups is 1. The van der Waals surface area contributed by atoms with Crippen molar-refractivity contribution in [2.75, 3.05) is 38.2 Å². The summed E-state index contributed by atoms with van der Waals surface area (Å²) in [6.45, 7) is 4.51. The highest BCUT2D eigenvalue weighted by molar-refractivity contribution is 6.35. The number of ether oxygens (including phenoxy) is 2. The van der Waals surface area contributed by atoms with Crippen LogP contribution < -0.4 is 9.64 Å². The third kappa shape index (κ3) is 7.83. The predicted molar refractivity (Wildman–Crippen MR) is 157 cm³/mol. The van der Waals surface area contributed by atoms with Crippen LogP contribution >= 0.6 is 23.2 Å². The first-order valence-corrected chi connectivity index (χ1v) is 14.7. The molecule has 2 saturated heterocycles. The van der Waals surface area contributed by atoms with Crippen molar-refractivity contribution in [2.45, 2.75) is 51.5 Å². The van der Waals surface area contributed by atoms with Crippen molar-refractivity contribution in [1.29, 1.82) is 0 Å². The first kappa shape index (κ1) is 28.6. The van der Waals surface area contributed by atoms with Gasteiger partial charge in [-0.3, -0.25) is 9.69 Å². The molecule has 0 bridgehead atoms. The molecule has 5 rings (SSSR count). The lowest BCUT2D eigenvalue weighted by Crippen LogP contribution is -2.34. The molecular formula is C30H35Cl2N5O3. The summed E-state index contributed by atoms with van der Waals surface area (Å²) < 4.78 is 11.0. The molecule has 40 heavy (non-hydrogen) atoms. The van der Waals surface area contributed by atoms with E-state index < -0.39 is 0 Å². The maximum atomic E-state index is 11.7. The number of esters is 1. The molecule has 1 aromatic carbocycles. The van der Waals surface area contributed by atoms with E-state index in [9.17, 15) is 4.79 Å². The maximum Gasteiger partial charge on any atom is 0.305 e. The zero-order chi connectivity index (χ0) is 27.9. The molecule has 4 heterocycles. The van der Waals surface area contributed by atoms with Crippen LogP contribution in [0.3, 0.4) is 0 Å². The van der Waals surface area contributed by atoms with Crippen LogP contribution in [0.1, 0.15) is 50.5 Å². The van der Waals surface area contributed by atoms with Gasteiger partial charge in [-0.1, -0.05) is 36.0 Å². The van der Waals surface area contributed by atoms with Crippen molar-refractivity contribution in [3.8, 4) is 22.9 Å². The lowest BCUT2D eigenvalue weighted by Gasteiger charge is -2.31. The van der Waals surface area contributed by atoms with Crippen LogP contribution in [0.4, 0.5) is 5.95 Å². The predicted octanol–water partition coefficient (Wildman–Crippen LogP) is 6.79. The molecule has 0 saturated carbocycles. The summed E-state index contributed by atoms with van der Waals surface area (Å²) in [5.41, 5.74) is 2.60. The molecule has 10 heteroatoms. The zero-order valence-electron chi connectivity index (χ0n) is 22.8. The molecule has 0 N–H and O–H groups in total. The Morgan fingerprint density at radius 2 is 1.60 bits per heavy atom. The molecule has 8 nitrogen and oxygen atoms in total. The number of halogens is 2. The number of benzene rings is 1. The topological polar surface area (TPSA) is 80.7 Å². The molecule has 2 aliphatic rings. The van der Waals surface area contributed by atoms with Gasteiger partial charge in [0.15, 0.2) is 5.75 Å². The summed E-state index contributed by atoms with van der Waals surface area (Å²) in [4.78, 5) is 30.3. The fourth-order valence-corrected chi connectivity index (χ4v) is 5.92. The van der Waals surface area contributed by atoms with Gasteiger partial charge in [0, 0.05) is 47.7 Å². The number of nitrogens with zero attached hydrogens (tertiary/aromatic N) is 5. The molecule has 0 atom stereocenters. The summed E-state index contributed by atoms with van der Waals surface area (Å²) >= 11 is 12.6. The SMILES string of the molecule is COC(=O)CC1CCN(Cc2cc(Oc3cnc(N4CCCCCC4)nc3)nc(-c3cc(Cl)cc(Cl)c3)c2)CC1. The molecule has 3 aromatic rings. The van der Waals surface area contributed by atoms with Gasteiger partial charge in [-0.25, -0.2) is 15.0 Å². The third-order valence-corrected chi connectivity index (χ3v) is 7.98. The van der Waals surface area contributed by atoms with Gasteiger partial charge < -0.3 is 14.4 Å². The fourth-order valence-electron chi connectivity index (χ4n) is 5.40. The summed E-state index contributed by atoms with van der Waals surface area (Å²) in [7, 11) is 1.45. The number of hydrogen-bond donors (Lipinski definition) is 0. The monoisotopic (exact) mass is 583 g/mol. The van der Waals surface area contributed by atoms with E-state index in [-0.39, 0.29) is 5.97 Å². The minimum atomic E-state index is -0.136. The number of methoxy groups -OCH3 is 1. The Morgan fingerprint density at radius 3 is 2.25 bits per heavy atom. The molecule has 0 aliphatic carbocycles. The Labute approximate surface area is 245 Å². The first-order chi connectivity index (χ1) is 19.4. The number of pyridine rings is 1. The normalized spacial score (nSPS) is 16.9. The molecule has 212 valence electrons. The largest absolute Gasteiger partial charge is 0.469 e. The van der Waals surface area contributed by atoms with Crippen LogP contribution in [-0.2, 0) is 16.1 Å². The number of hydrogen-bond acceptors (Lipinski definition) is 8. The Morgan fingerprint density at radius 1 is 0.925 bits per heavy atom. The van der Waals surface area contributed by atoms with Crippen LogP contribution in [0, 0.1) is 5.92 Å². The minimum Gasteiger partial charge on any atom is -0.469 e. The van der Waals surface area contributed by atoms with Crippen molar-refractivity contribution < 1.29 is 14.3 Å². The Bertz CT molecular complexity index is 1270. The van der Waals surface area contributed by atoms with Gasteiger partial charge in [-0.15, -0.1) is 0 Å². The van der Waals surface area contributed by atoms with Crippen molar-refractivity contribution in [1.82, 2.24) is 19.9 Å². The number of piperidine rings is 1. The molecule has 2 fully saturated rings. The zero-order valence-corrected chi connectivity index (χ0v) is 24.3. The van der Waals surface area contributed by atoms with E-state index in [1.807, 2.05) is 24.3 Å². The maximum absolute atomic E-state index is 11.7. The molecule has 2 aromatic heterocycles. The van der Waals surface area contributed by atoms with E-state index in [0.717, 1.165) is 81.2 Å². The van der Waals surface area contributed by atoms with Crippen molar-refractivity contribution in [3.05, 3.63) is 58.3 Å². The standard InChI is InChI=1S/C30H35Cl2N5O3/c1-39-29(38)14-21-6-10-36(11-7-21)20-22-12-27(23-15-24(31)17-25(32)16-23)35-28(13-22)40-26-18-33-30(34-19-26)37-8-4-2-3-5-9-37/h12-13,15-19,21H,2-11,14,20H2,1H3. The van der Waals surface area contributed by atoms with Gasteiger partial charge in [0.05, 0.1) is 25.2 Å². The van der Waals surface area contributed by atoms with Crippen molar-refractivity contribution >= 4 is 35.1 Å². The highest BCUT2D eigenvalue weighted by atomic mass is 35.5. The van der Waals surface area contributed by atoms with Crippen LogP contribution in [-0.4, -0.2) is 59.1 Å². The Hall–Kier alpha value is -2.94. The van der Waals surface area contributed by atoms with E-state index in [1.165, 1.54) is 20.0 Å². The summed E-state index contributed by atoms with van der Waals surface area (Å²) in [5, 5.41) is 1.09. The summed E-state index contributed by atoms with van der Waals surface area (Å²) in [5.74, 6) is 1.95. The van der Waals surface area contributed by atoms with Crippen LogP contribution in [0.5, 0.6) is 11.6 Å². The van der Waals surface area contributed by atoms with Gasteiger partial charge in [-0.05, 0) is 74.5 Å². The smallest absolute Gasteiger partial charge is 0.305 e. The second-order valence-electron chi connectivity index (χ2n) is 10.6. The quantitative estimate of drug-likeness (QED) is 0.268. The van der Waals surface area contributed by atoms with E-state index >= 15 is 0 Å². The number of rotatable bonds is 8. The van der Waals surface area contributed by atoms with Crippen molar-refractivity contribution in [2.24, 2.45) is 5.92 Å². The second kappa shape index (κ2) is 13.6. The average Bonchev–Trinajstić information content (AvgIpc) is 3.24.